The van der Waals surface area contributed by atoms with Gasteiger partial charge in [-0.15, -0.1) is 0 Å². The Labute approximate surface area is 171 Å². The summed E-state index contributed by atoms with van der Waals surface area (Å²) in [4.78, 5) is 13.8. The van der Waals surface area contributed by atoms with E-state index in [0.29, 0.717) is 5.75 Å². The summed E-state index contributed by atoms with van der Waals surface area (Å²) in [7, 11) is 0. The molecule has 0 amide bonds. The molecule has 0 bridgehead atoms. The third-order valence-corrected chi connectivity index (χ3v) is 4.24. The molecule has 0 radical (unpaired) electrons. The van der Waals surface area contributed by atoms with Gasteiger partial charge in [0.1, 0.15) is 24.5 Å². The second kappa shape index (κ2) is 9.26. The van der Waals surface area contributed by atoms with Crippen LogP contribution in [0.25, 0.3) is 0 Å². The van der Waals surface area contributed by atoms with Crippen LogP contribution in [-0.4, -0.2) is 24.7 Å². The van der Waals surface area contributed by atoms with E-state index in [-0.39, 0.29) is 13.2 Å². The normalized spacial score (nSPS) is 11.0. The molecule has 0 atom stereocenters. The van der Waals surface area contributed by atoms with Crippen LogP contribution in [0.4, 0.5) is 17.1 Å². The van der Waals surface area contributed by atoms with Crippen molar-refractivity contribution in [1.29, 1.82) is 0 Å². The Bertz CT molecular complexity index is 865. The van der Waals surface area contributed by atoms with Crippen molar-refractivity contribution in [2.75, 3.05) is 18.1 Å². The summed E-state index contributed by atoms with van der Waals surface area (Å²) in [5, 5.41) is 0. The number of rotatable bonds is 8. The van der Waals surface area contributed by atoms with Gasteiger partial charge < -0.3 is 20.1 Å². The van der Waals surface area contributed by atoms with Gasteiger partial charge in [-0.3, -0.25) is 4.79 Å². The van der Waals surface area contributed by atoms with Gasteiger partial charge in [-0.25, -0.2) is 0 Å². The summed E-state index contributed by atoms with van der Waals surface area (Å²) in [6.45, 7) is 3.64. The van der Waals surface area contributed by atoms with Crippen molar-refractivity contribution < 1.29 is 14.3 Å². The van der Waals surface area contributed by atoms with Crippen LogP contribution in [0, 0.1) is 0 Å². The largest absolute Gasteiger partial charge is 0.490 e. The maximum atomic E-state index is 11.7. The van der Waals surface area contributed by atoms with Gasteiger partial charge in [0.05, 0.1) is 0 Å². The van der Waals surface area contributed by atoms with Gasteiger partial charge in [0.2, 0.25) is 0 Å². The molecule has 0 aliphatic rings. The minimum absolute atomic E-state index is 0.154. The summed E-state index contributed by atoms with van der Waals surface area (Å²) >= 11 is 0. The molecule has 3 aromatic rings. The third kappa shape index (κ3) is 5.59. The average Bonchev–Trinajstić information content (AvgIpc) is 2.73. The van der Waals surface area contributed by atoms with Gasteiger partial charge in [-0.2, -0.15) is 0 Å². The van der Waals surface area contributed by atoms with Crippen molar-refractivity contribution in [2.24, 2.45) is 5.73 Å². The molecule has 0 aromatic heterocycles. The number of nitrogens with zero attached hydrogens (tertiary/aromatic N) is 1. The molecule has 5 heteroatoms. The number of hydrogen-bond acceptors (Lipinski definition) is 5. The Balaban J connectivity index is 1.68. The van der Waals surface area contributed by atoms with Crippen LogP contribution in [0.15, 0.2) is 84.9 Å². The molecule has 0 saturated carbocycles. The van der Waals surface area contributed by atoms with Crippen LogP contribution in [0.5, 0.6) is 5.75 Å². The first-order valence-corrected chi connectivity index (χ1v) is 9.54. The van der Waals surface area contributed by atoms with Crippen molar-refractivity contribution in [3.8, 4) is 5.75 Å². The van der Waals surface area contributed by atoms with E-state index in [9.17, 15) is 4.79 Å². The minimum atomic E-state index is -1.00. The van der Waals surface area contributed by atoms with Crippen LogP contribution >= 0.6 is 0 Å². The zero-order valence-corrected chi connectivity index (χ0v) is 16.7. The van der Waals surface area contributed by atoms with Crippen molar-refractivity contribution in [2.45, 2.75) is 19.4 Å². The van der Waals surface area contributed by atoms with E-state index in [4.69, 9.17) is 15.2 Å². The molecule has 0 fully saturated rings. The fraction of sp³-hybridized carbons (Fsp3) is 0.208. The van der Waals surface area contributed by atoms with E-state index >= 15 is 0 Å². The van der Waals surface area contributed by atoms with Crippen LogP contribution in [0.3, 0.4) is 0 Å². The van der Waals surface area contributed by atoms with Gasteiger partial charge >= 0.3 is 5.97 Å². The molecule has 29 heavy (non-hydrogen) atoms. The molecule has 3 rings (SSSR count). The summed E-state index contributed by atoms with van der Waals surface area (Å²) in [6.07, 6.45) is 0. The number of anilines is 3. The minimum Gasteiger partial charge on any atom is -0.490 e. The highest BCUT2D eigenvalue weighted by Gasteiger charge is 2.23. The van der Waals surface area contributed by atoms with E-state index < -0.39 is 11.5 Å². The summed E-state index contributed by atoms with van der Waals surface area (Å²) in [5.41, 5.74) is 7.86. The maximum absolute atomic E-state index is 11.7. The van der Waals surface area contributed by atoms with Gasteiger partial charge in [0.15, 0.2) is 0 Å². The average molecular weight is 390 g/mol. The van der Waals surface area contributed by atoms with Gasteiger partial charge in [-0.05, 0) is 62.4 Å². The molecular formula is C24H26N2O3. The molecule has 5 nitrogen and oxygen atoms in total. The predicted molar refractivity (Wildman–Crippen MR) is 116 cm³/mol. The first-order chi connectivity index (χ1) is 13.9. The van der Waals surface area contributed by atoms with Gasteiger partial charge in [0.25, 0.3) is 0 Å². The zero-order chi connectivity index (χ0) is 20.7. The Hall–Kier alpha value is -3.31. The van der Waals surface area contributed by atoms with E-state index in [1.807, 2.05) is 60.7 Å². The van der Waals surface area contributed by atoms with Gasteiger partial charge in [0, 0.05) is 17.1 Å². The highest BCUT2D eigenvalue weighted by atomic mass is 16.6. The number of ether oxygens (including phenoxy) is 2. The fourth-order valence-corrected chi connectivity index (χ4v) is 2.77. The highest BCUT2D eigenvalue weighted by Crippen LogP contribution is 2.34. The summed E-state index contributed by atoms with van der Waals surface area (Å²) in [6, 6.07) is 28.2. The number of hydrogen-bond donors (Lipinski definition) is 1. The second-order valence-corrected chi connectivity index (χ2v) is 7.21. The standard InChI is InChI=1S/C24H26N2O3/c1-24(2,25)23(27)29-18-17-28-22-15-13-21(14-16-22)26(19-9-5-3-6-10-19)20-11-7-4-8-12-20/h3-16H,17-18,25H2,1-2H3. The Morgan fingerprint density at radius 3 is 1.76 bits per heavy atom. The number of carbonyl (C=O) groups excluding carboxylic acids is 1. The molecule has 0 heterocycles. The quantitative estimate of drug-likeness (QED) is 0.441. The molecule has 3 aromatic carbocycles. The third-order valence-electron chi connectivity index (χ3n) is 4.24. The Morgan fingerprint density at radius 1 is 0.793 bits per heavy atom. The summed E-state index contributed by atoms with van der Waals surface area (Å²) in [5.74, 6) is 0.260. The van der Waals surface area contributed by atoms with Crippen LogP contribution < -0.4 is 15.4 Å². The second-order valence-electron chi connectivity index (χ2n) is 7.21. The molecular weight excluding hydrogens is 364 g/mol. The summed E-state index contributed by atoms with van der Waals surface area (Å²) < 4.78 is 10.8. The van der Waals surface area contributed by atoms with Gasteiger partial charge in [-0.1, -0.05) is 36.4 Å². The molecule has 0 spiro atoms. The number of esters is 1. The Kier molecular flexibility index (Phi) is 6.52. The molecule has 0 aliphatic carbocycles. The number of nitrogens with two attached hydrogens (primary N) is 1. The predicted octanol–water partition coefficient (Wildman–Crippen LogP) is 4.82. The first-order valence-electron chi connectivity index (χ1n) is 9.54. The SMILES string of the molecule is CC(C)(N)C(=O)OCCOc1ccc(N(c2ccccc2)c2ccccc2)cc1. The number of para-hydroxylation sites is 2. The number of benzene rings is 3. The van der Waals surface area contributed by atoms with E-state index in [0.717, 1.165) is 17.1 Å². The molecule has 0 aliphatic heterocycles. The number of carbonyl (C=O) groups is 1. The Morgan fingerprint density at radius 2 is 1.28 bits per heavy atom. The van der Waals surface area contributed by atoms with E-state index in [1.165, 1.54) is 0 Å². The monoisotopic (exact) mass is 390 g/mol. The smallest absolute Gasteiger partial charge is 0.325 e. The highest BCUT2D eigenvalue weighted by molar-refractivity contribution is 5.79. The molecule has 2 N–H and O–H groups in total. The lowest BCUT2D eigenvalue weighted by Gasteiger charge is -2.25. The molecule has 150 valence electrons. The van der Waals surface area contributed by atoms with Crippen LogP contribution in [-0.2, 0) is 9.53 Å². The topological polar surface area (TPSA) is 64.8 Å². The lowest BCUT2D eigenvalue weighted by molar-refractivity contribution is -0.149. The lowest BCUT2D eigenvalue weighted by atomic mass is 10.1. The van der Waals surface area contributed by atoms with Crippen LogP contribution in [0.2, 0.25) is 0 Å². The maximum Gasteiger partial charge on any atom is 0.325 e. The fourth-order valence-electron chi connectivity index (χ4n) is 2.77. The van der Waals surface area contributed by atoms with Crippen molar-refractivity contribution in [3.63, 3.8) is 0 Å². The first kappa shape index (κ1) is 20.4. The molecule has 0 unspecified atom stereocenters. The van der Waals surface area contributed by atoms with E-state index in [2.05, 4.69) is 29.2 Å². The zero-order valence-electron chi connectivity index (χ0n) is 16.7. The van der Waals surface area contributed by atoms with E-state index in [1.54, 1.807) is 13.8 Å². The van der Waals surface area contributed by atoms with Crippen LogP contribution in [0.1, 0.15) is 13.8 Å². The van der Waals surface area contributed by atoms with Crippen molar-refractivity contribution >= 4 is 23.0 Å². The van der Waals surface area contributed by atoms with Crippen molar-refractivity contribution in [3.05, 3.63) is 84.9 Å². The van der Waals surface area contributed by atoms with Crippen molar-refractivity contribution in [1.82, 2.24) is 0 Å². The lowest BCUT2D eigenvalue weighted by Crippen LogP contribution is -2.43. The molecule has 0 saturated heterocycles.